The lowest BCUT2D eigenvalue weighted by molar-refractivity contribution is 0.0455. The van der Waals surface area contributed by atoms with Crippen molar-refractivity contribution in [2.45, 2.75) is 38.8 Å². The van der Waals surface area contributed by atoms with E-state index in [1.807, 2.05) is 30.2 Å². The maximum absolute atomic E-state index is 12.9. The number of amides is 1. The number of pyridine rings is 1. The number of nitrogens with zero attached hydrogens (tertiary/aromatic N) is 3. The first-order valence-corrected chi connectivity index (χ1v) is 10.7. The van der Waals surface area contributed by atoms with E-state index < -0.39 is 0 Å². The van der Waals surface area contributed by atoms with E-state index in [9.17, 15) is 9.90 Å². The number of aromatic nitrogens is 1. The minimum absolute atomic E-state index is 0.0619. The van der Waals surface area contributed by atoms with Crippen LogP contribution in [0.5, 0.6) is 5.75 Å². The lowest BCUT2D eigenvalue weighted by atomic mass is 9.76. The van der Waals surface area contributed by atoms with Gasteiger partial charge in [-0.1, -0.05) is 17.7 Å². The number of phenolic OH excluding ortho intramolecular Hbond substituents is 1. The molecule has 0 bridgehead atoms. The molecule has 1 aromatic heterocycles. The molecule has 2 fully saturated rings. The molecule has 0 saturated carbocycles. The summed E-state index contributed by atoms with van der Waals surface area (Å²) in [6.07, 6.45) is 6.89. The third-order valence-corrected chi connectivity index (χ3v) is 6.47. The zero-order chi connectivity index (χ0) is 21.1. The van der Waals surface area contributed by atoms with Crippen LogP contribution in [0.15, 0.2) is 42.7 Å². The van der Waals surface area contributed by atoms with E-state index >= 15 is 0 Å². The number of aromatic hydroxyl groups is 1. The maximum atomic E-state index is 12.9. The lowest BCUT2D eigenvalue weighted by Gasteiger charge is -2.38. The van der Waals surface area contributed by atoms with Gasteiger partial charge in [-0.05, 0) is 62.4 Å². The van der Waals surface area contributed by atoms with Gasteiger partial charge in [0.1, 0.15) is 5.75 Å². The van der Waals surface area contributed by atoms with Gasteiger partial charge >= 0.3 is 0 Å². The van der Waals surface area contributed by atoms with Crippen molar-refractivity contribution in [2.24, 2.45) is 5.41 Å². The van der Waals surface area contributed by atoms with Gasteiger partial charge in [0.25, 0.3) is 5.91 Å². The number of rotatable bonds is 5. The summed E-state index contributed by atoms with van der Waals surface area (Å²) in [7, 11) is 2.12. The molecule has 2 aliphatic heterocycles. The predicted molar refractivity (Wildman–Crippen MR) is 115 cm³/mol. The van der Waals surface area contributed by atoms with Crippen molar-refractivity contribution in [1.82, 2.24) is 14.8 Å². The predicted octanol–water partition coefficient (Wildman–Crippen LogP) is 3.24. The number of hydrogen-bond acceptors (Lipinski definition) is 5. The lowest BCUT2D eigenvalue weighted by Crippen LogP contribution is -2.43. The second-order valence-corrected chi connectivity index (χ2v) is 9.01. The number of aryl methyl sites for hydroxylation is 1. The fourth-order valence-corrected chi connectivity index (χ4v) is 4.75. The molecule has 0 aliphatic carbocycles. The summed E-state index contributed by atoms with van der Waals surface area (Å²) in [6, 6.07) is 9.26. The Kier molecular flexibility index (Phi) is 6.06. The minimum Gasteiger partial charge on any atom is -0.507 e. The topological polar surface area (TPSA) is 65.9 Å². The summed E-state index contributed by atoms with van der Waals surface area (Å²) >= 11 is 0. The molecule has 1 amide bonds. The average molecular weight is 410 g/mol. The first kappa shape index (κ1) is 20.8. The fraction of sp³-hybridized carbons (Fsp3) is 0.500. The quantitative estimate of drug-likeness (QED) is 0.821. The Morgan fingerprint density at radius 2 is 2.13 bits per heavy atom. The number of likely N-dealkylation sites (tertiary alicyclic amines) is 1. The van der Waals surface area contributed by atoms with E-state index in [1.54, 1.807) is 18.3 Å². The van der Waals surface area contributed by atoms with Crippen molar-refractivity contribution in [1.29, 1.82) is 0 Å². The summed E-state index contributed by atoms with van der Waals surface area (Å²) in [5, 5.41) is 10.1. The molecule has 2 aliphatic rings. The van der Waals surface area contributed by atoms with Crippen LogP contribution in [-0.2, 0) is 11.3 Å². The number of likely N-dealkylation sites (N-methyl/N-ethyl adjacent to an activating group) is 1. The highest BCUT2D eigenvalue weighted by Crippen LogP contribution is 2.42. The molecule has 1 spiro atoms. The van der Waals surface area contributed by atoms with Crippen LogP contribution in [0.4, 0.5) is 0 Å². The van der Waals surface area contributed by atoms with E-state index in [2.05, 4.69) is 23.0 Å². The number of benzene rings is 1. The van der Waals surface area contributed by atoms with Crippen LogP contribution in [0.2, 0.25) is 0 Å². The first-order chi connectivity index (χ1) is 14.4. The van der Waals surface area contributed by atoms with E-state index in [0.29, 0.717) is 18.7 Å². The second-order valence-electron chi connectivity index (χ2n) is 9.01. The van der Waals surface area contributed by atoms with Gasteiger partial charge < -0.3 is 14.7 Å². The molecule has 2 saturated heterocycles. The third-order valence-electron chi connectivity index (χ3n) is 6.47. The molecule has 3 heterocycles. The molecule has 2 aromatic rings. The van der Waals surface area contributed by atoms with E-state index in [1.165, 1.54) is 5.56 Å². The van der Waals surface area contributed by atoms with Crippen LogP contribution < -0.4 is 0 Å². The zero-order valence-electron chi connectivity index (χ0n) is 17.9. The standard InChI is InChI=1S/C24H31N3O3/c1-18-5-6-22(28)21(12-18)23(29)27-10-7-24(8-11-27)13-20(30-17-24)16-26(2)15-19-4-3-9-25-14-19/h3-6,9,12,14,20,28H,7-8,10-11,13,15-17H2,1-2H3/t20-/m0/s1. The summed E-state index contributed by atoms with van der Waals surface area (Å²) in [5.74, 6) is -0.00970. The Morgan fingerprint density at radius 1 is 1.33 bits per heavy atom. The third kappa shape index (κ3) is 4.65. The van der Waals surface area contributed by atoms with Crippen LogP contribution in [0, 0.1) is 12.3 Å². The van der Waals surface area contributed by atoms with Crippen LogP contribution in [0.1, 0.15) is 40.7 Å². The van der Waals surface area contributed by atoms with Gasteiger partial charge in [0, 0.05) is 38.6 Å². The molecule has 0 unspecified atom stereocenters. The van der Waals surface area contributed by atoms with Crippen molar-refractivity contribution >= 4 is 5.91 Å². The summed E-state index contributed by atoms with van der Waals surface area (Å²) in [6.45, 7) is 5.90. The Labute approximate surface area is 178 Å². The minimum atomic E-state index is -0.0716. The van der Waals surface area contributed by atoms with Crippen LogP contribution >= 0.6 is 0 Å². The smallest absolute Gasteiger partial charge is 0.257 e. The molecule has 4 rings (SSSR count). The summed E-state index contributed by atoms with van der Waals surface area (Å²) < 4.78 is 6.17. The number of phenols is 1. The Morgan fingerprint density at radius 3 is 2.87 bits per heavy atom. The molecule has 1 aromatic carbocycles. The van der Waals surface area contributed by atoms with Crippen LogP contribution in [0.3, 0.4) is 0 Å². The van der Waals surface area contributed by atoms with Gasteiger partial charge in [0.05, 0.1) is 18.3 Å². The largest absolute Gasteiger partial charge is 0.507 e. The summed E-state index contributed by atoms with van der Waals surface area (Å²) in [4.78, 5) is 21.2. The van der Waals surface area contributed by atoms with E-state index in [0.717, 1.165) is 44.5 Å². The number of piperidine rings is 1. The Balaban J connectivity index is 1.29. The number of carbonyl (C=O) groups is 1. The first-order valence-electron chi connectivity index (χ1n) is 10.7. The van der Waals surface area contributed by atoms with Gasteiger partial charge in [0.15, 0.2) is 0 Å². The molecular weight excluding hydrogens is 378 g/mol. The van der Waals surface area contributed by atoms with Crippen molar-refractivity contribution < 1.29 is 14.6 Å². The van der Waals surface area contributed by atoms with Gasteiger partial charge in [0.2, 0.25) is 0 Å². The Bertz CT molecular complexity index is 879. The Hall–Kier alpha value is -2.44. The molecule has 1 N–H and O–H groups in total. The van der Waals surface area contributed by atoms with Crippen molar-refractivity contribution in [3.05, 3.63) is 59.4 Å². The highest BCUT2D eigenvalue weighted by atomic mass is 16.5. The number of hydrogen-bond donors (Lipinski definition) is 1. The van der Waals surface area contributed by atoms with Crippen molar-refractivity contribution in [3.8, 4) is 5.75 Å². The highest BCUT2D eigenvalue weighted by molar-refractivity contribution is 5.97. The van der Waals surface area contributed by atoms with Crippen LogP contribution in [0.25, 0.3) is 0 Å². The van der Waals surface area contributed by atoms with Crippen molar-refractivity contribution in [3.63, 3.8) is 0 Å². The molecular formula is C24H31N3O3. The molecule has 6 heteroatoms. The molecule has 160 valence electrons. The van der Waals surface area contributed by atoms with E-state index in [-0.39, 0.29) is 23.2 Å². The molecule has 30 heavy (non-hydrogen) atoms. The van der Waals surface area contributed by atoms with Gasteiger partial charge in [-0.15, -0.1) is 0 Å². The molecule has 0 radical (unpaired) electrons. The average Bonchev–Trinajstić information content (AvgIpc) is 3.12. The van der Waals surface area contributed by atoms with Gasteiger partial charge in [-0.3, -0.25) is 14.7 Å². The summed E-state index contributed by atoms with van der Waals surface area (Å²) in [5.41, 5.74) is 2.76. The maximum Gasteiger partial charge on any atom is 0.257 e. The second kappa shape index (κ2) is 8.74. The normalized spacial score (nSPS) is 20.8. The van der Waals surface area contributed by atoms with Gasteiger partial charge in [-0.2, -0.15) is 0 Å². The number of ether oxygens (including phenoxy) is 1. The van der Waals surface area contributed by atoms with Crippen molar-refractivity contribution in [2.75, 3.05) is 33.3 Å². The fourth-order valence-electron chi connectivity index (χ4n) is 4.75. The molecule has 1 atom stereocenters. The highest BCUT2D eigenvalue weighted by Gasteiger charge is 2.43. The molecule has 6 nitrogen and oxygen atoms in total. The SMILES string of the molecule is Cc1ccc(O)c(C(=O)N2CCC3(CC2)CO[C@H](CN(C)Cc2cccnc2)C3)c1. The van der Waals surface area contributed by atoms with E-state index in [4.69, 9.17) is 4.74 Å². The monoisotopic (exact) mass is 409 g/mol. The van der Waals surface area contributed by atoms with Gasteiger partial charge in [-0.25, -0.2) is 0 Å². The number of carbonyl (C=O) groups excluding carboxylic acids is 1. The zero-order valence-corrected chi connectivity index (χ0v) is 17.9. The van der Waals surface area contributed by atoms with Crippen LogP contribution in [-0.4, -0.2) is 65.2 Å².